The van der Waals surface area contributed by atoms with Gasteiger partial charge >= 0.3 is 0 Å². The zero-order valence-electron chi connectivity index (χ0n) is 10.8. The van der Waals surface area contributed by atoms with Gasteiger partial charge in [0.1, 0.15) is 29.3 Å². The first kappa shape index (κ1) is 12.6. The van der Waals surface area contributed by atoms with Gasteiger partial charge < -0.3 is 14.8 Å². The summed E-state index contributed by atoms with van der Waals surface area (Å²) in [5.74, 6) is 2.01. The van der Waals surface area contributed by atoms with Gasteiger partial charge in [0.15, 0.2) is 0 Å². The van der Waals surface area contributed by atoms with E-state index in [4.69, 9.17) is 4.42 Å². The van der Waals surface area contributed by atoms with Gasteiger partial charge in [-0.1, -0.05) is 0 Å². The number of aryl methyl sites for hydroxylation is 2. The molecule has 2 rings (SSSR count). The molecular weight excluding hydrogens is 230 g/mol. The SMILES string of the molecule is Cc1cc(NCC(C)(O)c2ccc(C)o2)ncn1. The van der Waals surface area contributed by atoms with Crippen LogP contribution >= 0.6 is 0 Å². The largest absolute Gasteiger partial charge is 0.463 e. The second-order valence-corrected chi connectivity index (χ2v) is 4.58. The molecule has 0 radical (unpaired) electrons. The second kappa shape index (κ2) is 4.78. The summed E-state index contributed by atoms with van der Waals surface area (Å²) in [6.45, 7) is 5.75. The molecule has 1 unspecified atom stereocenters. The monoisotopic (exact) mass is 247 g/mol. The molecule has 18 heavy (non-hydrogen) atoms. The Labute approximate surface area is 106 Å². The molecule has 0 saturated carbocycles. The van der Waals surface area contributed by atoms with Crippen LogP contribution in [0.5, 0.6) is 0 Å². The molecule has 2 heterocycles. The fourth-order valence-corrected chi connectivity index (χ4v) is 1.62. The van der Waals surface area contributed by atoms with Crippen LogP contribution in [0.2, 0.25) is 0 Å². The van der Waals surface area contributed by atoms with Gasteiger partial charge in [-0.3, -0.25) is 0 Å². The van der Waals surface area contributed by atoms with Gasteiger partial charge in [0.2, 0.25) is 0 Å². The summed E-state index contributed by atoms with van der Waals surface area (Å²) >= 11 is 0. The molecule has 0 aliphatic rings. The third-order valence-electron chi connectivity index (χ3n) is 2.69. The lowest BCUT2D eigenvalue weighted by molar-refractivity contribution is 0.0467. The predicted molar refractivity (Wildman–Crippen MR) is 68.3 cm³/mol. The van der Waals surface area contributed by atoms with Crippen molar-refractivity contribution in [3.63, 3.8) is 0 Å². The first-order valence-corrected chi connectivity index (χ1v) is 5.79. The van der Waals surface area contributed by atoms with Gasteiger partial charge in [0, 0.05) is 11.8 Å². The van der Waals surface area contributed by atoms with Crippen LogP contribution in [0.25, 0.3) is 0 Å². The Bertz CT molecular complexity index is 535. The maximum atomic E-state index is 10.3. The van der Waals surface area contributed by atoms with Crippen LogP contribution in [0.4, 0.5) is 5.82 Å². The van der Waals surface area contributed by atoms with Crippen molar-refractivity contribution in [3.05, 3.63) is 41.7 Å². The van der Waals surface area contributed by atoms with Crippen LogP contribution in [0.15, 0.2) is 28.9 Å². The number of nitrogens with zero attached hydrogens (tertiary/aromatic N) is 2. The van der Waals surface area contributed by atoms with Crippen LogP contribution in [0.1, 0.15) is 24.1 Å². The summed E-state index contributed by atoms with van der Waals surface area (Å²) in [6.07, 6.45) is 1.49. The van der Waals surface area contributed by atoms with E-state index in [1.807, 2.05) is 26.0 Å². The number of furan rings is 1. The summed E-state index contributed by atoms with van der Waals surface area (Å²) in [7, 11) is 0. The van der Waals surface area contributed by atoms with Crippen molar-refractivity contribution >= 4 is 5.82 Å². The Balaban J connectivity index is 2.05. The van der Waals surface area contributed by atoms with Crippen LogP contribution in [-0.2, 0) is 5.60 Å². The lowest BCUT2D eigenvalue weighted by atomic mass is 10.0. The third-order valence-corrected chi connectivity index (χ3v) is 2.69. The Morgan fingerprint density at radius 2 is 2.11 bits per heavy atom. The lowest BCUT2D eigenvalue weighted by Gasteiger charge is -2.21. The van der Waals surface area contributed by atoms with E-state index in [0.717, 1.165) is 11.5 Å². The Morgan fingerprint density at radius 1 is 1.33 bits per heavy atom. The molecule has 2 aromatic heterocycles. The minimum absolute atomic E-state index is 0.316. The molecule has 0 aliphatic carbocycles. The number of aliphatic hydroxyl groups is 1. The normalized spacial score (nSPS) is 14.2. The van der Waals surface area contributed by atoms with Crippen molar-refractivity contribution in [1.82, 2.24) is 9.97 Å². The standard InChI is InChI=1S/C13H17N3O2/c1-9-6-12(16-8-15-9)14-7-13(3,17)11-5-4-10(2)18-11/h4-6,8,17H,7H2,1-3H3,(H,14,15,16). The smallest absolute Gasteiger partial charge is 0.137 e. The Morgan fingerprint density at radius 3 is 2.72 bits per heavy atom. The highest BCUT2D eigenvalue weighted by molar-refractivity contribution is 5.35. The molecule has 0 amide bonds. The molecule has 5 heteroatoms. The molecule has 0 spiro atoms. The lowest BCUT2D eigenvalue weighted by Crippen LogP contribution is -2.30. The van der Waals surface area contributed by atoms with Crippen LogP contribution < -0.4 is 5.32 Å². The molecule has 1 atom stereocenters. The molecule has 0 fully saturated rings. The number of aromatic nitrogens is 2. The van der Waals surface area contributed by atoms with Crippen LogP contribution in [-0.4, -0.2) is 21.6 Å². The number of anilines is 1. The minimum Gasteiger partial charge on any atom is -0.463 e. The van der Waals surface area contributed by atoms with Crippen molar-refractivity contribution in [3.8, 4) is 0 Å². The molecule has 0 bridgehead atoms. The summed E-state index contributed by atoms with van der Waals surface area (Å²) < 4.78 is 5.44. The number of hydrogen-bond donors (Lipinski definition) is 2. The van der Waals surface area contributed by atoms with Crippen molar-refractivity contribution < 1.29 is 9.52 Å². The van der Waals surface area contributed by atoms with Gasteiger partial charge in [-0.15, -0.1) is 0 Å². The predicted octanol–water partition coefficient (Wildman–Crippen LogP) is 2.01. The molecule has 0 aromatic carbocycles. The van der Waals surface area contributed by atoms with E-state index < -0.39 is 5.60 Å². The Kier molecular flexibility index (Phi) is 3.34. The molecule has 2 N–H and O–H groups in total. The van der Waals surface area contributed by atoms with E-state index >= 15 is 0 Å². The van der Waals surface area contributed by atoms with Gasteiger partial charge in [-0.25, -0.2) is 9.97 Å². The van der Waals surface area contributed by atoms with Crippen LogP contribution in [0.3, 0.4) is 0 Å². The highest BCUT2D eigenvalue weighted by Gasteiger charge is 2.26. The molecule has 0 aliphatic heterocycles. The van der Waals surface area contributed by atoms with E-state index in [1.54, 1.807) is 13.0 Å². The average molecular weight is 247 g/mol. The zero-order valence-corrected chi connectivity index (χ0v) is 10.8. The van der Waals surface area contributed by atoms with Gasteiger partial charge in [0.05, 0.1) is 6.54 Å². The van der Waals surface area contributed by atoms with Crippen molar-refractivity contribution in [2.75, 3.05) is 11.9 Å². The fourth-order valence-electron chi connectivity index (χ4n) is 1.62. The Hall–Kier alpha value is -1.88. The van der Waals surface area contributed by atoms with E-state index in [-0.39, 0.29) is 0 Å². The fraction of sp³-hybridized carbons (Fsp3) is 0.385. The molecular formula is C13H17N3O2. The van der Waals surface area contributed by atoms with Gasteiger partial charge in [-0.2, -0.15) is 0 Å². The summed E-state index contributed by atoms with van der Waals surface area (Å²) in [5.41, 5.74) is -0.200. The summed E-state index contributed by atoms with van der Waals surface area (Å²) in [5, 5.41) is 13.4. The summed E-state index contributed by atoms with van der Waals surface area (Å²) in [6, 6.07) is 5.43. The second-order valence-electron chi connectivity index (χ2n) is 4.58. The van der Waals surface area contributed by atoms with Crippen LogP contribution in [0, 0.1) is 13.8 Å². The number of rotatable bonds is 4. The van der Waals surface area contributed by atoms with Crippen molar-refractivity contribution in [2.24, 2.45) is 0 Å². The highest BCUT2D eigenvalue weighted by Crippen LogP contribution is 2.23. The van der Waals surface area contributed by atoms with E-state index in [2.05, 4.69) is 15.3 Å². The first-order valence-electron chi connectivity index (χ1n) is 5.79. The molecule has 2 aromatic rings. The van der Waals surface area contributed by atoms with E-state index in [0.29, 0.717) is 18.1 Å². The summed E-state index contributed by atoms with van der Waals surface area (Å²) in [4.78, 5) is 8.09. The topological polar surface area (TPSA) is 71.2 Å². The van der Waals surface area contributed by atoms with E-state index in [1.165, 1.54) is 6.33 Å². The minimum atomic E-state index is -1.08. The number of hydrogen-bond acceptors (Lipinski definition) is 5. The molecule has 5 nitrogen and oxygen atoms in total. The molecule has 0 saturated heterocycles. The average Bonchev–Trinajstić information content (AvgIpc) is 2.74. The van der Waals surface area contributed by atoms with E-state index in [9.17, 15) is 5.11 Å². The van der Waals surface area contributed by atoms with Crippen molar-refractivity contribution in [2.45, 2.75) is 26.4 Å². The molecule has 96 valence electrons. The number of nitrogens with one attached hydrogen (secondary N) is 1. The van der Waals surface area contributed by atoms with Crippen molar-refractivity contribution in [1.29, 1.82) is 0 Å². The quantitative estimate of drug-likeness (QED) is 0.864. The van der Waals surface area contributed by atoms with Gasteiger partial charge in [-0.05, 0) is 32.9 Å². The first-order chi connectivity index (χ1) is 8.47. The van der Waals surface area contributed by atoms with Gasteiger partial charge in [0.25, 0.3) is 0 Å². The maximum Gasteiger partial charge on any atom is 0.137 e. The zero-order chi connectivity index (χ0) is 13.2. The third kappa shape index (κ3) is 2.87. The maximum absolute atomic E-state index is 10.3. The highest BCUT2D eigenvalue weighted by atomic mass is 16.4.